The number of hydrogen-bond acceptors (Lipinski definition) is 5. The molecule has 0 fully saturated rings. The maximum Gasteiger partial charge on any atom is 0.433 e. The zero-order valence-corrected chi connectivity index (χ0v) is 14.0. The number of rotatable bonds is 3. The van der Waals surface area contributed by atoms with Gasteiger partial charge in [-0.1, -0.05) is 12.1 Å². The third kappa shape index (κ3) is 3.04. The second kappa shape index (κ2) is 6.41. The molecule has 0 saturated heterocycles. The van der Waals surface area contributed by atoms with Crippen molar-refractivity contribution in [2.75, 3.05) is 0 Å². The monoisotopic (exact) mass is 385 g/mol. The summed E-state index contributed by atoms with van der Waals surface area (Å²) in [6.45, 7) is 0. The Morgan fingerprint density at radius 3 is 2.61 bits per heavy atom. The molecular weight excluding hydrogens is 375 g/mol. The van der Waals surface area contributed by atoms with Crippen LogP contribution in [-0.2, 0) is 6.18 Å². The minimum atomic E-state index is -4.55. The molecule has 0 N–H and O–H groups in total. The average molecular weight is 385 g/mol. The van der Waals surface area contributed by atoms with Crippen LogP contribution in [0.25, 0.3) is 27.8 Å². The molecule has 3 heterocycles. The van der Waals surface area contributed by atoms with E-state index in [9.17, 15) is 23.3 Å². The van der Waals surface area contributed by atoms with E-state index in [1.807, 2.05) is 0 Å². The van der Waals surface area contributed by atoms with Gasteiger partial charge in [0.2, 0.25) is 0 Å². The Balaban J connectivity index is 1.82. The van der Waals surface area contributed by atoms with Gasteiger partial charge in [0, 0.05) is 29.4 Å². The Morgan fingerprint density at radius 1 is 1.07 bits per heavy atom. The lowest BCUT2D eigenvalue weighted by atomic mass is 10.1. The summed E-state index contributed by atoms with van der Waals surface area (Å²) in [5.41, 5.74) is -0.118. The Morgan fingerprint density at radius 2 is 1.86 bits per heavy atom. The lowest BCUT2D eigenvalue weighted by Gasteiger charge is -2.09. The number of benzene rings is 1. The predicted octanol–water partition coefficient (Wildman–Crippen LogP) is 4.41. The van der Waals surface area contributed by atoms with Gasteiger partial charge in [0.1, 0.15) is 5.69 Å². The number of nitrogens with zero attached hydrogens (tertiary/aromatic N) is 5. The Hall–Kier alpha value is -3.82. The third-order valence-corrected chi connectivity index (χ3v) is 4.10. The summed E-state index contributed by atoms with van der Waals surface area (Å²) in [7, 11) is 0. The SMILES string of the molecule is O=[N+]([O-])c1ccccc1-c1cnn(-c2nccc3nc(C(F)(F)F)ccc23)c1. The van der Waals surface area contributed by atoms with Crippen molar-refractivity contribution in [3.8, 4) is 16.9 Å². The van der Waals surface area contributed by atoms with Crippen molar-refractivity contribution < 1.29 is 18.1 Å². The Labute approximate surface area is 155 Å². The maximum atomic E-state index is 12.9. The summed E-state index contributed by atoms with van der Waals surface area (Å²) in [5, 5.41) is 15.8. The van der Waals surface area contributed by atoms with Gasteiger partial charge in [0.25, 0.3) is 5.69 Å². The van der Waals surface area contributed by atoms with E-state index in [0.717, 1.165) is 6.07 Å². The molecule has 4 rings (SSSR count). The van der Waals surface area contributed by atoms with E-state index in [1.54, 1.807) is 18.2 Å². The summed E-state index contributed by atoms with van der Waals surface area (Å²) in [5.74, 6) is 0.267. The smallest absolute Gasteiger partial charge is 0.258 e. The maximum absolute atomic E-state index is 12.9. The highest BCUT2D eigenvalue weighted by atomic mass is 19.4. The van der Waals surface area contributed by atoms with Crippen molar-refractivity contribution in [2.45, 2.75) is 6.18 Å². The van der Waals surface area contributed by atoms with Gasteiger partial charge in [-0.3, -0.25) is 10.1 Å². The molecule has 3 aromatic heterocycles. The third-order valence-electron chi connectivity index (χ3n) is 4.10. The standard InChI is InChI=1S/C18H10F3N5O2/c19-18(20,21)16-6-5-13-14(24-16)7-8-22-17(13)25-10-11(9-23-25)12-3-1-2-4-15(12)26(27)28/h1-10H. The van der Waals surface area contributed by atoms with Crippen LogP contribution >= 0.6 is 0 Å². The molecule has 0 bridgehead atoms. The first-order valence-corrected chi connectivity index (χ1v) is 7.96. The molecule has 0 aliphatic heterocycles. The topological polar surface area (TPSA) is 86.7 Å². The van der Waals surface area contributed by atoms with Gasteiger partial charge in [-0.05, 0) is 24.3 Å². The number of alkyl halides is 3. The van der Waals surface area contributed by atoms with Gasteiger partial charge in [-0.25, -0.2) is 14.6 Å². The van der Waals surface area contributed by atoms with E-state index in [0.29, 0.717) is 16.5 Å². The van der Waals surface area contributed by atoms with Crippen molar-refractivity contribution in [1.82, 2.24) is 19.7 Å². The highest BCUT2D eigenvalue weighted by Gasteiger charge is 2.32. The minimum Gasteiger partial charge on any atom is -0.258 e. The Bertz CT molecular complexity index is 1200. The summed E-state index contributed by atoms with van der Waals surface area (Å²) in [6, 6.07) is 9.72. The van der Waals surface area contributed by atoms with Crippen molar-refractivity contribution in [1.29, 1.82) is 0 Å². The molecule has 0 radical (unpaired) electrons. The van der Waals surface area contributed by atoms with Crippen molar-refractivity contribution in [3.05, 3.63) is 76.9 Å². The van der Waals surface area contributed by atoms with Gasteiger partial charge in [-0.2, -0.15) is 18.3 Å². The van der Waals surface area contributed by atoms with E-state index in [1.165, 1.54) is 41.5 Å². The number of nitro groups is 1. The number of aromatic nitrogens is 4. The largest absolute Gasteiger partial charge is 0.433 e. The van der Waals surface area contributed by atoms with Crippen LogP contribution in [0.5, 0.6) is 0 Å². The van der Waals surface area contributed by atoms with E-state index in [4.69, 9.17) is 0 Å². The summed E-state index contributed by atoms with van der Waals surface area (Å²) in [4.78, 5) is 18.5. The lowest BCUT2D eigenvalue weighted by molar-refractivity contribution is -0.384. The fourth-order valence-corrected chi connectivity index (χ4v) is 2.83. The molecule has 0 aliphatic rings. The number of fused-ring (bicyclic) bond motifs is 1. The van der Waals surface area contributed by atoms with Gasteiger partial charge in [0.05, 0.1) is 22.2 Å². The van der Waals surface area contributed by atoms with Gasteiger partial charge in [-0.15, -0.1) is 0 Å². The molecule has 10 heteroatoms. The van der Waals surface area contributed by atoms with Crippen LogP contribution in [0.2, 0.25) is 0 Å². The van der Waals surface area contributed by atoms with E-state index in [2.05, 4.69) is 15.1 Å². The molecule has 0 unspecified atom stereocenters. The highest BCUT2D eigenvalue weighted by molar-refractivity contribution is 5.85. The summed E-state index contributed by atoms with van der Waals surface area (Å²) < 4.78 is 40.0. The first-order chi connectivity index (χ1) is 13.3. The van der Waals surface area contributed by atoms with Crippen molar-refractivity contribution in [3.63, 3.8) is 0 Å². The van der Waals surface area contributed by atoms with Crippen molar-refractivity contribution >= 4 is 16.6 Å². The molecule has 4 aromatic rings. The van der Waals surface area contributed by atoms with E-state index in [-0.39, 0.29) is 17.0 Å². The first-order valence-electron chi connectivity index (χ1n) is 7.96. The first kappa shape index (κ1) is 17.6. The normalized spacial score (nSPS) is 11.7. The molecule has 0 aliphatic carbocycles. The Kier molecular flexibility index (Phi) is 4.03. The fraction of sp³-hybridized carbons (Fsp3) is 0.0556. The summed E-state index contributed by atoms with van der Waals surface area (Å²) in [6.07, 6.45) is -0.262. The number of hydrogen-bond donors (Lipinski definition) is 0. The number of nitro benzene ring substituents is 1. The molecule has 140 valence electrons. The van der Waals surface area contributed by atoms with Gasteiger partial charge >= 0.3 is 6.18 Å². The minimum absolute atomic E-state index is 0.0792. The van der Waals surface area contributed by atoms with Crippen LogP contribution in [-0.4, -0.2) is 24.7 Å². The van der Waals surface area contributed by atoms with Crippen LogP contribution in [0, 0.1) is 10.1 Å². The van der Waals surface area contributed by atoms with Crippen LogP contribution in [0.1, 0.15) is 5.69 Å². The number of para-hydroxylation sites is 1. The van der Waals surface area contributed by atoms with Gasteiger partial charge < -0.3 is 0 Å². The molecule has 7 nitrogen and oxygen atoms in total. The number of pyridine rings is 2. The van der Waals surface area contributed by atoms with Gasteiger partial charge in [0.15, 0.2) is 5.82 Å². The van der Waals surface area contributed by atoms with E-state index >= 15 is 0 Å². The molecule has 0 spiro atoms. The predicted molar refractivity (Wildman–Crippen MR) is 93.8 cm³/mol. The molecule has 0 atom stereocenters. The van der Waals surface area contributed by atoms with Crippen LogP contribution < -0.4 is 0 Å². The quantitative estimate of drug-likeness (QED) is 0.385. The molecule has 28 heavy (non-hydrogen) atoms. The zero-order chi connectivity index (χ0) is 19.9. The number of halogens is 3. The molecule has 0 amide bonds. The fourth-order valence-electron chi connectivity index (χ4n) is 2.83. The van der Waals surface area contributed by atoms with Crippen LogP contribution in [0.15, 0.2) is 61.1 Å². The lowest BCUT2D eigenvalue weighted by Crippen LogP contribution is -2.08. The average Bonchev–Trinajstić information content (AvgIpc) is 3.16. The summed E-state index contributed by atoms with van der Waals surface area (Å²) >= 11 is 0. The van der Waals surface area contributed by atoms with E-state index < -0.39 is 16.8 Å². The molecular formula is C18H10F3N5O2. The van der Waals surface area contributed by atoms with Crippen LogP contribution in [0.4, 0.5) is 18.9 Å². The van der Waals surface area contributed by atoms with Crippen LogP contribution in [0.3, 0.4) is 0 Å². The highest BCUT2D eigenvalue weighted by Crippen LogP contribution is 2.32. The van der Waals surface area contributed by atoms with Crippen molar-refractivity contribution in [2.24, 2.45) is 0 Å². The zero-order valence-electron chi connectivity index (χ0n) is 14.0. The second-order valence-electron chi connectivity index (χ2n) is 5.84. The second-order valence-corrected chi connectivity index (χ2v) is 5.84. The molecule has 0 saturated carbocycles. The molecule has 1 aromatic carbocycles.